The van der Waals surface area contributed by atoms with Crippen LogP contribution in [0, 0.1) is 0 Å². The van der Waals surface area contributed by atoms with Crippen LogP contribution in [-0.2, 0) is 0 Å². The number of ether oxygens (including phenoxy) is 3. The van der Waals surface area contributed by atoms with Gasteiger partial charge in [-0.05, 0) is 29.8 Å². The molecule has 0 unspecified atom stereocenters. The Morgan fingerprint density at radius 3 is 2.67 bits per heavy atom. The van der Waals surface area contributed by atoms with Gasteiger partial charge in [-0.3, -0.25) is 0 Å². The molecule has 0 spiro atoms. The lowest BCUT2D eigenvalue weighted by Crippen LogP contribution is -1.90. The summed E-state index contributed by atoms with van der Waals surface area (Å²) in [5.74, 6) is 2.09. The average Bonchev–Trinajstić information content (AvgIpc) is 2.92. The van der Waals surface area contributed by atoms with Crippen LogP contribution in [0.2, 0.25) is 0 Å². The first kappa shape index (κ1) is 13.4. The topological polar surface area (TPSA) is 47.9 Å². The second kappa shape index (κ2) is 5.40. The summed E-state index contributed by atoms with van der Waals surface area (Å²) in [4.78, 5) is 0. The zero-order valence-electron chi connectivity index (χ0n) is 11.9. The highest BCUT2D eigenvalue weighted by Gasteiger charge is 2.21. The first-order chi connectivity index (χ1) is 10.2. The Bertz CT molecular complexity index is 704. The van der Waals surface area contributed by atoms with Crippen LogP contribution in [0.3, 0.4) is 0 Å². The number of hydrogen-bond donors (Lipinski definition) is 1. The van der Waals surface area contributed by atoms with E-state index in [2.05, 4.69) is 0 Å². The molecule has 0 aromatic heterocycles. The monoisotopic (exact) mass is 284 g/mol. The highest BCUT2D eigenvalue weighted by molar-refractivity contribution is 5.88. The third-order valence-corrected chi connectivity index (χ3v) is 3.46. The van der Waals surface area contributed by atoms with E-state index in [4.69, 9.17) is 14.2 Å². The molecule has 0 saturated heterocycles. The summed E-state index contributed by atoms with van der Waals surface area (Å²) >= 11 is 0. The minimum atomic E-state index is 0.129. The van der Waals surface area contributed by atoms with Gasteiger partial charge in [0.25, 0.3) is 0 Å². The van der Waals surface area contributed by atoms with E-state index >= 15 is 0 Å². The maximum absolute atomic E-state index is 9.63. The van der Waals surface area contributed by atoms with Gasteiger partial charge in [0.05, 0.1) is 14.2 Å². The Balaban J connectivity index is 2.00. The molecule has 0 fully saturated rings. The summed E-state index contributed by atoms with van der Waals surface area (Å²) in [7, 11) is 3.16. The molecule has 2 aromatic carbocycles. The van der Waals surface area contributed by atoms with Crippen LogP contribution in [0.15, 0.2) is 36.4 Å². The summed E-state index contributed by atoms with van der Waals surface area (Å²) in [5.41, 5.74) is 3.04. The number of hydrogen-bond acceptors (Lipinski definition) is 4. The smallest absolute Gasteiger partial charge is 0.169 e. The van der Waals surface area contributed by atoms with Crippen molar-refractivity contribution in [3.05, 3.63) is 47.5 Å². The number of methoxy groups -OCH3 is 2. The first-order valence-corrected chi connectivity index (χ1v) is 6.60. The molecule has 1 aliphatic heterocycles. The summed E-state index contributed by atoms with van der Waals surface area (Å²) in [6.45, 7) is 0.499. The van der Waals surface area contributed by atoms with Crippen LogP contribution < -0.4 is 14.2 Å². The lowest BCUT2D eigenvalue weighted by atomic mass is 10.0. The molecule has 0 amide bonds. The van der Waals surface area contributed by atoms with Gasteiger partial charge in [0.2, 0.25) is 0 Å². The van der Waals surface area contributed by atoms with Gasteiger partial charge >= 0.3 is 0 Å². The van der Waals surface area contributed by atoms with E-state index < -0.39 is 0 Å². The minimum Gasteiger partial charge on any atom is -0.504 e. The number of para-hydroxylation sites is 1. The lowest BCUT2D eigenvalue weighted by molar-refractivity contribution is 0.344. The number of phenols is 1. The molecule has 1 N–H and O–H groups in total. The van der Waals surface area contributed by atoms with Crippen molar-refractivity contribution in [1.29, 1.82) is 0 Å². The number of benzene rings is 2. The zero-order valence-corrected chi connectivity index (χ0v) is 11.9. The van der Waals surface area contributed by atoms with Crippen molar-refractivity contribution in [2.45, 2.75) is 0 Å². The Morgan fingerprint density at radius 2 is 1.90 bits per heavy atom. The normalized spacial score (nSPS) is 14.7. The third kappa shape index (κ3) is 2.40. The maximum Gasteiger partial charge on any atom is 0.169 e. The second-order valence-electron chi connectivity index (χ2n) is 4.73. The molecule has 3 rings (SSSR count). The van der Waals surface area contributed by atoms with E-state index in [0.29, 0.717) is 12.4 Å². The molecule has 0 bridgehead atoms. The van der Waals surface area contributed by atoms with Gasteiger partial charge in [0.15, 0.2) is 23.0 Å². The first-order valence-electron chi connectivity index (χ1n) is 6.60. The Kier molecular flexibility index (Phi) is 3.44. The summed E-state index contributed by atoms with van der Waals surface area (Å²) in [6, 6.07) is 11.1. The number of rotatable bonds is 3. The average molecular weight is 284 g/mol. The highest BCUT2D eigenvalue weighted by atomic mass is 16.5. The fraction of sp³-hybridized carbons (Fsp3) is 0.176. The van der Waals surface area contributed by atoms with Gasteiger partial charge in [-0.25, -0.2) is 0 Å². The predicted octanol–water partition coefficient (Wildman–Crippen LogP) is 3.34. The van der Waals surface area contributed by atoms with Crippen molar-refractivity contribution in [2.75, 3.05) is 20.8 Å². The summed E-state index contributed by atoms with van der Waals surface area (Å²) < 4.78 is 16.1. The van der Waals surface area contributed by atoms with Crippen LogP contribution in [0.1, 0.15) is 11.1 Å². The van der Waals surface area contributed by atoms with Crippen molar-refractivity contribution < 1.29 is 19.3 Å². The fourth-order valence-corrected chi connectivity index (χ4v) is 2.41. The van der Waals surface area contributed by atoms with Gasteiger partial charge in [-0.15, -0.1) is 0 Å². The van der Waals surface area contributed by atoms with E-state index in [9.17, 15) is 5.11 Å². The molecule has 1 heterocycles. The highest BCUT2D eigenvalue weighted by Crippen LogP contribution is 2.41. The van der Waals surface area contributed by atoms with Crippen LogP contribution in [-0.4, -0.2) is 25.9 Å². The minimum absolute atomic E-state index is 0.129. The molecule has 0 saturated carbocycles. The van der Waals surface area contributed by atoms with E-state index in [-0.39, 0.29) is 5.75 Å². The third-order valence-electron chi connectivity index (χ3n) is 3.46. The molecule has 4 nitrogen and oxygen atoms in total. The van der Waals surface area contributed by atoms with E-state index in [1.807, 2.05) is 30.3 Å². The van der Waals surface area contributed by atoms with Gasteiger partial charge in [-0.1, -0.05) is 18.2 Å². The van der Waals surface area contributed by atoms with E-state index in [1.54, 1.807) is 19.2 Å². The molecule has 1 aliphatic rings. The second-order valence-corrected chi connectivity index (χ2v) is 4.73. The molecular weight excluding hydrogens is 268 g/mol. The van der Waals surface area contributed by atoms with Crippen LogP contribution in [0.25, 0.3) is 11.6 Å². The molecule has 21 heavy (non-hydrogen) atoms. The number of aromatic hydroxyl groups is 1. The Hall–Kier alpha value is -2.62. The molecule has 2 aromatic rings. The summed E-state index contributed by atoms with van der Waals surface area (Å²) in [6.07, 6.45) is 2.02. The fourth-order valence-electron chi connectivity index (χ4n) is 2.41. The lowest BCUT2D eigenvalue weighted by Gasteiger charge is -2.05. The Labute approximate surface area is 123 Å². The zero-order chi connectivity index (χ0) is 14.8. The van der Waals surface area contributed by atoms with E-state index in [0.717, 1.165) is 28.2 Å². The quantitative estimate of drug-likeness (QED) is 0.939. The number of fused-ring (bicyclic) bond motifs is 1. The molecule has 4 heteroatoms. The standard InChI is InChI=1S/C17H16O4/c1-19-15-5-3-4-13-12(10-21-17(13)15)8-11-6-7-14(18)16(9-11)20-2/h3-9,18H,10H2,1-2H3/b12-8+. The maximum atomic E-state index is 9.63. The van der Waals surface area contributed by atoms with Gasteiger partial charge in [0.1, 0.15) is 6.61 Å². The molecule has 0 aliphatic carbocycles. The molecule has 108 valence electrons. The molecular formula is C17H16O4. The summed E-state index contributed by atoms with van der Waals surface area (Å²) in [5, 5.41) is 9.63. The largest absolute Gasteiger partial charge is 0.504 e. The van der Waals surface area contributed by atoms with Crippen LogP contribution >= 0.6 is 0 Å². The van der Waals surface area contributed by atoms with Crippen LogP contribution in [0.4, 0.5) is 0 Å². The van der Waals surface area contributed by atoms with Gasteiger partial charge < -0.3 is 19.3 Å². The SMILES string of the molecule is COc1cc(/C=C2\COc3c(OC)cccc32)ccc1O. The van der Waals surface area contributed by atoms with Crippen molar-refractivity contribution in [3.63, 3.8) is 0 Å². The van der Waals surface area contributed by atoms with Crippen molar-refractivity contribution in [2.24, 2.45) is 0 Å². The molecule has 0 atom stereocenters. The van der Waals surface area contributed by atoms with E-state index in [1.165, 1.54) is 7.11 Å². The van der Waals surface area contributed by atoms with Crippen molar-refractivity contribution in [1.82, 2.24) is 0 Å². The number of phenolic OH excluding ortho intramolecular Hbond substituents is 1. The predicted molar refractivity (Wildman–Crippen MR) is 81.0 cm³/mol. The Morgan fingerprint density at radius 1 is 1.10 bits per heavy atom. The van der Waals surface area contributed by atoms with Crippen molar-refractivity contribution in [3.8, 4) is 23.0 Å². The molecule has 0 radical (unpaired) electrons. The van der Waals surface area contributed by atoms with Crippen molar-refractivity contribution >= 4 is 11.6 Å². The van der Waals surface area contributed by atoms with Gasteiger partial charge in [-0.2, -0.15) is 0 Å². The van der Waals surface area contributed by atoms with Crippen LogP contribution in [0.5, 0.6) is 23.0 Å². The van der Waals surface area contributed by atoms with Gasteiger partial charge in [0, 0.05) is 11.1 Å².